The number of rotatable bonds is 7. The van der Waals surface area contributed by atoms with E-state index in [1.165, 1.54) is 25.3 Å². The predicted molar refractivity (Wildman–Crippen MR) is 126 cm³/mol. The summed E-state index contributed by atoms with van der Waals surface area (Å²) in [6, 6.07) is 13.4. The van der Waals surface area contributed by atoms with Gasteiger partial charge in [-0.15, -0.1) is 0 Å². The first-order valence-corrected chi connectivity index (χ1v) is 11.8. The van der Waals surface area contributed by atoms with Crippen molar-refractivity contribution in [2.45, 2.75) is 11.3 Å². The van der Waals surface area contributed by atoms with Gasteiger partial charge in [0.2, 0.25) is 0 Å². The number of carbonyl (C=O) groups is 1. The maximum atomic E-state index is 13.2. The van der Waals surface area contributed by atoms with Gasteiger partial charge in [-0.25, -0.2) is 17.5 Å². The van der Waals surface area contributed by atoms with Crippen LogP contribution in [0.15, 0.2) is 71.8 Å². The summed E-state index contributed by atoms with van der Waals surface area (Å²) in [6.45, 7) is 0. The molecule has 4 rings (SSSR count). The second-order valence-electron chi connectivity index (χ2n) is 7.82. The van der Waals surface area contributed by atoms with Gasteiger partial charge >= 0.3 is 0 Å². The van der Waals surface area contributed by atoms with Crippen molar-refractivity contribution in [2.75, 3.05) is 7.11 Å². The lowest BCUT2D eigenvalue weighted by Crippen LogP contribution is -2.31. The van der Waals surface area contributed by atoms with Crippen LogP contribution in [0, 0.1) is 15.9 Å². The molecule has 1 heterocycles. The Labute approximate surface area is 200 Å². The van der Waals surface area contributed by atoms with Crippen LogP contribution in [0.3, 0.4) is 0 Å². The summed E-state index contributed by atoms with van der Waals surface area (Å²) in [5.74, 6) is -1.36. The first-order chi connectivity index (χ1) is 16.6. The molecule has 0 aliphatic heterocycles. The third kappa shape index (κ3) is 4.85. The van der Waals surface area contributed by atoms with Crippen LogP contribution in [0.4, 0.5) is 10.1 Å². The summed E-state index contributed by atoms with van der Waals surface area (Å²) in [5.41, 5.74) is 2.21. The van der Waals surface area contributed by atoms with Crippen molar-refractivity contribution in [2.24, 2.45) is 7.05 Å². The number of hydrogen-bond acceptors (Lipinski definition) is 6. The molecule has 1 N–H and O–H groups in total. The first kappa shape index (κ1) is 23.9. The molecule has 0 radical (unpaired) electrons. The average Bonchev–Trinajstić information content (AvgIpc) is 3.13. The van der Waals surface area contributed by atoms with Crippen molar-refractivity contribution in [3.63, 3.8) is 0 Å². The molecule has 1 amide bonds. The van der Waals surface area contributed by atoms with E-state index in [0.29, 0.717) is 17.4 Å². The zero-order valence-corrected chi connectivity index (χ0v) is 19.5. The number of nitro groups is 1. The molecule has 11 heteroatoms. The maximum absolute atomic E-state index is 13.2. The number of non-ortho nitro benzene ring substituents is 1. The minimum atomic E-state index is -4.25. The van der Waals surface area contributed by atoms with Crippen molar-refractivity contribution >= 4 is 32.5 Å². The van der Waals surface area contributed by atoms with E-state index in [0.717, 1.165) is 35.3 Å². The van der Waals surface area contributed by atoms with E-state index in [1.807, 2.05) is 22.5 Å². The lowest BCUT2D eigenvalue weighted by atomic mass is 10.0. The van der Waals surface area contributed by atoms with Crippen molar-refractivity contribution < 1.29 is 27.3 Å². The fourth-order valence-corrected chi connectivity index (χ4v) is 4.79. The van der Waals surface area contributed by atoms with Crippen LogP contribution in [-0.4, -0.2) is 30.9 Å². The minimum Gasteiger partial charge on any atom is -0.496 e. The number of ether oxygens (including phenoxy) is 1. The highest BCUT2D eigenvalue weighted by Crippen LogP contribution is 2.29. The van der Waals surface area contributed by atoms with Crippen molar-refractivity contribution in [3.8, 4) is 5.75 Å². The Hall–Kier alpha value is -4.25. The number of nitrogens with zero attached hydrogens (tertiary/aromatic N) is 2. The van der Waals surface area contributed by atoms with Crippen molar-refractivity contribution in [3.05, 3.63) is 99.5 Å². The zero-order valence-electron chi connectivity index (χ0n) is 18.7. The quantitative estimate of drug-likeness (QED) is 0.305. The molecule has 1 aromatic heterocycles. The molecular weight excluding hydrogens is 477 g/mol. The second-order valence-corrected chi connectivity index (χ2v) is 9.51. The minimum absolute atomic E-state index is 0.0121. The zero-order chi connectivity index (χ0) is 25.3. The van der Waals surface area contributed by atoms with Crippen LogP contribution >= 0.6 is 0 Å². The summed E-state index contributed by atoms with van der Waals surface area (Å²) in [6.07, 6.45) is 2.17. The van der Waals surface area contributed by atoms with Gasteiger partial charge in [0.25, 0.3) is 21.6 Å². The van der Waals surface area contributed by atoms with Gasteiger partial charge in [0.15, 0.2) is 0 Å². The van der Waals surface area contributed by atoms with Crippen LogP contribution in [0.5, 0.6) is 5.75 Å². The molecule has 0 aliphatic carbocycles. The number of methoxy groups -OCH3 is 1. The summed E-state index contributed by atoms with van der Waals surface area (Å²) < 4.78 is 47.4. The van der Waals surface area contributed by atoms with Gasteiger partial charge in [-0.1, -0.05) is 6.07 Å². The number of nitrogens with one attached hydrogen (secondary N) is 1. The maximum Gasteiger partial charge on any atom is 0.270 e. The number of amides is 1. The van der Waals surface area contributed by atoms with Gasteiger partial charge < -0.3 is 9.30 Å². The Bertz CT molecular complexity index is 1560. The number of halogens is 1. The number of carbonyl (C=O) groups excluding carboxylic acids is 1. The second kappa shape index (κ2) is 9.18. The topological polar surface area (TPSA) is 121 Å². The molecule has 0 bridgehead atoms. The van der Waals surface area contributed by atoms with Gasteiger partial charge in [-0.2, -0.15) is 0 Å². The van der Waals surface area contributed by atoms with Crippen molar-refractivity contribution in [1.29, 1.82) is 0 Å². The number of sulfonamides is 1. The average molecular weight is 498 g/mol. The van der Waals surface area contributed by atoms with Gasteiger partial charge in [0.1, 0.15) is 11.6 Å². The molecule has 0 aliphatic rings. The highest BCUT2D eigenvalue weighted by molar-refractivity contribution is 7.90. The number of aryl methyl sites for hydroxylation is 1. The van der Waals surface area contributed by atoms with Gasteiger partial charge in [-0.3, -0.25) is 14.9 Å². The van der Waals surface area contributed by atoms with Crippen LogP contribution in [-0.2, 0) is 23.5 Å². The van der Waals surface area contributed by atoms with Crippen molar-refractivity contribution in [1.82, 2.24) is 9.29 Å². The fraction of sp³-hybridized carbons (Fsp3) is 0.125. The number of fused-ring (bicyclic) bond motifs is 1. The summed E-state index contributed by atoms with van der Waals surface area (Å²) >= 11 is 0. The lowest BCUT2D eigenvalue weighted by molar-refractivity contribution is -0.384. The Morgan fingerprint density at radius 3 is 2.49 bits per heavy atom. The monoisotopic (exact) mass is 497 g/mol. The lowest BCUT2D eigenvalue weighted by Gasteiger charge is -2.12. The van der Waals surface area contributed by atoms with E-state index < -0.39 is 26.7 Å². The SMILES string of the molecule is COc1ccc(Cc2cn(C)c3ccc([N+](=O)[O-])cc23)cc1C(=O)NS(=O)(=O)c1ccc(F)cc1. The normalized spacial score (nSPS) is 11.4. The highest BCUT2D eigenvalue weighted by atomic mass is 32.2. The molecule has 0 saturated carbocycles. The molecule has 0 saturated heterocycles. The molecule has 4 aromatic rings. The van der Waals surface area contributed by atoms with Crippen LogP contribution < -0.4 is 9.46 Å². The van der Waals surface area contributed by atoms with Gasteiger partial charge in [-0.05, 0) is 60.0 Å². The van der Waals surface area contributed by atoms with E-state index in [4.69, 9.17) is 4.74 Å². The number of nitro benzene ring substituents is 1. The van der Waals surface area contributed by atoms with Crippen LogP contribution in [0.2, 0.25) is 0 Å². The van der Waals surface area contributed by atoms with E-state index in [2.05, 4.69) is 0 Å². The molecule has 3 aromatic carbocycles. The molecule has 9 nitrogen and oxygen atoms in total. The number of aromatic nitrogens is 1. The third-order valence-corrected chi connectivity index (χ3v) is 6.87. The van der Waals surface area contributed by atoms with Gasteiger partial charge in [0.05, 0.1) is 22.5 Å². The van der Waals surface area contributed by atoms with E-state index >= 15 is 0 Å². The molecule has 180 valence electrons. The number of benzene rings is 3. The first-order valence-electron chi connectivity index (χ1n) is 10.3. The summed E-state index contributed by atoms with van der Waals surface area (Å²) in [7, 11) is -1.07. The van der Waals surface area contributed by atoms with Crippen LogP contribution in [0.25, 0.3) is 10.9 Å². The largest absolute Gasteiger partial charge is 0.496 e. The Kier molecular flexibility index (Phi) is 6.27. The Morgan fingerprint density at radius 2 is 1.83 bits per heavy atom. The smallest absolute Gasteiger partial charge is 0.270 e. The van der Waals surface area contributed by atoms with E-state index in [9.17, 15) is 27.7 Å². The fourth-order valence-electron chi connectivity index (χ4n) is 3.83. The summed E-state index contributed by atoms with van der Waals surface area (Å²) in [4.78, 5) is 23.4. The molecular formula is C24H20FN3O6S. The van der Waals surface area contributed by atoms with E-state index in [-0.39, 0.29) is 21.9 Å². The van der Waals surface area contributed by atoms with Gasteiger partial charge in [0, 0.05) is 36.3 Å². The number of hydrogen-bond donors (Lipinski definition) is 1. The van der Waals surface area contributed by atoms with E-state index in [1.54, 1.807) is 18.2 Å². The predicted octanol–water partition coefficient (Wildman–Crippen LogP) is 3.94. The molecule has 0 atom stereocenters. The highest BCUT2D eigenvalue weighted by Gasteiger charge is 2.22. The molecule has 0 fully saturated rings. The Balaban J connectivity index is 1.67. The third-order valence-electron chi connectivity index (χ3n) is 5.52. The molecule has 0 spiro atoms. The molecule has 35 heavy (non-hydrogen) atoms. The Morgan fingerprint density at radius 1 is 1.11 bits per heavy atom. The van der Waals surface area contributed by atoms with Crippen LogP contribution in [0.1, 0.15) is 21.5 Å². The summed E-state index contributed by atoms with van der Waals surface area (Å²) in [5, 5.41) is 11.9. The standard InChI is InChI=1S/C24H20FN3O6S/c1-27-14-16(20-13-18(28(30)31)6-9-22(20)27)11-15-3-10-23(34-2)21(12-15)24(29)26-35(32,33)19-7-4-17(25)5-8-19/h3-10,12-14H,11H2,1-2H3,(H,26,29). The molecule has 0 unspecified atom stereocenters.